The van der Waals surface area contributed by atoms with Gasteiger partial charge in [0.05, 0.1) is 5.69 Å². The Morgan fingerprint density at radius 1 is 1.06 bits per heavy atom. The number of anilines is 1. The van der Waals surface area contributed by atoms with Crippen LogP contribution in [0.2, 0.25) is 10.0 Å². The summed E-state index contributed by atoms with van der Waals surface area (Å²) in [7, 11) is 0. The van der Waals surface area contributed by atoms with E-state index in [0.29, 0.717) is 26.9 Å². The van der Waals surface area contributed by atoms with Gasteiger partial charge in [-0.05, 0) is 55.5 Å². The van der Waals surface area contributed by atoms with Crippen LogP contribution in [0.15, 0.2) is 54.6 Å². The zero-order chi connectivity index (χ0) is 25.3. The Hall–Kier alpha value is -3.09. The summed E-state index contributed by atoms with van der Waals surface area (Å²) in [6, 6.07) is 15.4. The summed E-state index contributed by atoms with van der Waals surface area (Å²) in [6.07, 6.45) is 0.764. The van der Waals surface area contributed by atoms with E-state index in [4.69, 9.17) is 23.2 Å². The molecule has 35 heavy (non-hydrogen) atoms. The van der Waals surface area contributed by atoms with Crippen LogP contribution in [0.25, 0.3) is 10.8 Å². The number of hydrogen-bond donors (Lipinski definition) is 1. The molecule has 0 fully saturated rings. The number of nitrogens with one attached hydrogen (secondary N) is 1. The van der Waals surface area contributed by atoms with Gasteiger partial charge in [-0.25, -0.2) is 0 Å². The average Bonchev–Trinajstić information content (AvgIpc) is 3.11. The molecule has 0 aromatic heterocycles. The van der Waals surface area contributed by atoms with Crippen molar-refractivity contribution in [2.75, 3.05) is 11.4 Å². The number of rotatable bonds is 8. The van der Waals surface area contributed by atoms with E-state index >= 15 is 0 Å². The standard InChI is InChI=1S/C27H27Cl2N3O3/c1-4-16(2)30-26(34)17(3)31(14-19-11-12-20(28)13-22(19)29)24(33)15-32-23-10-6-8-18-7-5-9-21(25(18)23)27(32)35/h5-13,16-17H,4,14-15H2,1-3H3,(H,30,34)/t16-,17-/m1/s1. The molecule has 1 heterocycles. The van der Waals surface area contributed by atoms with Crippen molar-refractivity contribution in [1.82, 2.24) is 10.2 Å². The van der Waals surface area contributed by atoms with E-state index in [0.717, 1.165) is 17.2 Å². The molecule has 182 valence electrons. The van der Waals surface area contributed by atoms with Crippen molar-refractivity contribution in [3.63, 3.8) is 0 Å². The molecule has 0 aliphatic carbocycles. The summed E-state index contributed by atoms with van der Waals surface area (Å²) in [6.45, 7) is 5.47. The molecule has 3 aromatic carbocycles. The van der Waals surface area contributed by atoms with Gasteiger partial charge in [-0.15, -0.1) is 0 Å². The molecule has 6 nitrogen and oxygen atoms in total. The maximum absolute atomic E-state index is 13.7. The Bertz CT molecular complexity index is 1300. The largest absolute Gasteiger partial charge is 0.352 e. The van der Waals surface area contributed by atoms with Gasteiger partial charge in [0.1, 0.15) is 12.6 Å². The van der Waals surface area contributed by atoms with Crippen molar-refractivity contribution in [3.8, 4) is 0 Å². The molecule has 0 radical (unpaired) electrons. The van der Waals surface area contributed by atoms with Crippen LogP contribution in [-0.2, 0) is 16.1 Å². The van der Waals surface area contributed by atoms with Gasteiger partial charge in [0.15, 0.2) is 0 Å². The first-order valence-electron chi connectivity index (χ1n) is 11.6. The maximum atomic E-state index is 13.7. The third-order valence-corrected chi connectivity index (χ3v) is 7.05. The van der Waals surface area contributed by atoms with Crippen molar-refractivity contribution in [2.45, 2.75) is 45.8 Å². The maximum Gasteiger partial charge on any atom is 0.259 e. The molecule has 0 saturated heterocycles. The molecule has 3 aromatic rings. The lowest BCUT2D eigenvalue weighted by Gasteiger charge is -2.31. The number of nitrogens with zero attached hydrogens (tertiary/aromatic N) is 2. The average molecular weight is 512 g/mol. The third-order valence-electron chi connectivity index (χ3n) is 6.47. The minimum atomic E-state index is -0.779. The summed E-state index contributed by atoms with van der Waals surface area (Å²) in [5.41, 5.74) is 1.92. The first-order valence-corrected chi connectivity index (χ1v) is 12.3. The monoisotopic (exact) mass is 511 g/mol. The molecule has 0 bridgehead atoms. The van der Waals surface area contributed by atoms with Crippen molar-refractivity contribution in [1.29, 1.82) is 0 Å². The summed E-state index contributed by atoms with van der Waals surface area (Å²) in [5, 5.41) is 5.60. The van der Waals surface area contributed by atoms with Crippen LogP contribution in [0, 0.1) is 0 Å². The number of carbonyl (C=O) groups excluding carboxylic acids is 3. The van der Waals surface area contributed by atoms with Crippen LogP contribution in [0.5, 0.6) is 0 Å². The molecule has 3 amide bonds. The third kappa shape index (κ3) is 5.00. The second-order valence-electron chi connectivity index (χ2n) is 8.82. The lowest BCUT2D eigenvalue weighted by molar-refractivity contribution is -0.139. The van der Waals surface area contributed by atoms with Gasteiger partial charge in [0, 0.05) is 33.6 Å². The van der Waals surface area contributed by atoms with E-state index < -0.39 is 6.04 Å². The van der Waals surface area contributed by atoms with E-state index in [2.05, 4.69) is 5.32 Å². The smallest absolute Gasteiger partial charge is 0.259 e. The second kappa shape index (κ2) is 10.3. The highest BCUT2D eigenvalue weighted by molar-refractivity contribution is 6.35. The van der Waals surface area contributed by atoms with Gasteiger partial charge >= 0.3 is 0 Å². The molecule has 4 rings (SSSR count). The van der Waals surface area contributed by atoms with Crippen LogP contribution in [0.3, 0.4) is 0 Å². The lowest BCUT2D eigenvalue weighted by Crippen LogP contribution is -2.52. The van der Waals surface area contributed by atoms with Gasteiger partial charge < -0.3 is 10.2 Å². The first kappa shape index (κ1) is 25.0. The van der Waals surface area contributed by atoms with Gasteiger partial charge in [0.25, 0.3) is 5.91 Å². The minimum Gasteiger partial charge on any atom is -0.352 e. The minimum absolute atomic E-state index is 0.0340. The topological polar surface area (TPSA) is 69.7 Å². The van der Waals surface area contributed by atoms with Gasteiger partial charge in [-0.3, -0.25) is 19.3 Å². The SMILES string of the molecule is CC[C@@H](C)NC(=O)[C@@H](C)N(Cc1ccc(Cl)cc1Cl)C(=O)CN1C(=O)c2cccc3cccc1c23. The van der Waals surface area contributed by atoms with Crippen LogP contribution in [-0.4, -0.2) is 41.2 Å². The fourth-order valence-corrected chi connectivity index (χ4v) is 4.71. The molecule has 1 aliphatic heterocycles. The summed E-state index contributed by atoms with van der Waals surface area (Å²) in [4.78, 5) is 42.8. The van der Waals surface area contributed by atoms with E-state index in [1.54, 1.807) is 31.2 Å². The quantitative estimate of drug-likeness (QED) is 0.437. The van der Waals surface area contributed by atoms with E-state index in [-0.39, 0.29) is 36.9 Å². The predicted octanol–water partition coefficient (Wildman–Crippen LogP) is 5.44. The Morgan fingerprint density at radius 2 is 1.77 bits per heavy atom. The Morgan fingerprint density at radius 3 is 2.46 bits per heavy atom. The van der Waals surface area contributed by atoms with Crippen LogP contribution >= 0.6 is 23.2 Å². The number of halogens is 2. The molecule has 0 spiro atoms. The molecule has 8 heteroatoms. The van der Waals surface area contributed by atoms with Crippen LogP contribution < -0.4 is 10.2 Å². The second-order valence-corrected chi connectivity index (χ2v) is 9.67. The number of benzene rings is 3. The molecule has 1 aliphatic rings. The molecular formula is C27H27Cl2N3O3. The van der Waals surface area contributed by atoms with E-state index in [9.17, 15) is 14.4 Å². The molecule has 0 saturated carbocycles. The van der Waals surface area contributed by atoms with Crippen molar-refractivity contribution in [3.05, 3.63) is 75.8 Å². The zero-order valence-electron chi connectivity index (χ0n) is 19.8. The van der Waals surface area contributed by atoms with Crippen molar-refractivity contribution in [2.24, 2.45) is 0 Å². The highest BCUT2D eigenvalue weighted by atomic mass is 35.5. The van der Waals surface area contributed by atoms with Crippen LogP contribution in [0.1, 0.15) is 43.1 Å². The summed E-state index contributed by atoms with van der Waals surface area (Å²) < 4.78 is 0. The molecule has 1 N–H and O–H groups in total. The lowest BCUT2D eigenvalue weighted by atomic mass is 10.1. The van der Waals surface area contributed by atoms with Gasteiger partial charge in [-0.1, -0.05) is 60.5 Å². The normalized spacial score (nSPS) is 14.2. The van der Waals surface area contributed by atoms with Crippen LogP contribution in [0.4, 0.5) is 5.69 Å². The van der Waals surface area contributed by atoms with Gasteiger partial charge in [-0.2, -0.15) is 0 Å². The number of amides is 3. The predicted molar refractivity (Wildman–Crippen MR) is 140 cm³/mol. The summed E-state index contributed by atoms with van der Waals surface area (Å²) in [5.74, 6) is -0.858. The zero-order valence-corrected chi connectivity index (χ0v) is 21.4. The first-order chi connectivity index (χ1) is 16.7. The van der Waals surface area contributed by atoms with Crippen molar-refractivity contribution < 1.29 is 14.4 Å². The molecule has 0 unspecified atom stereocenters. The molecule has 2 atom stereocenters. The number of carbonyl (C=O) groups is 3. The van der Waals surface area contributed by atoms with Crippen molar-refractivity contribution >= 4 is 57.4 Å². The number of hydrogen-bond acceptors (Lipinski definition) is 3. The molecular weight excluding hydrogens is 485 g/mol. The Balaban J connectivity index is 1.64. The van der Waals surface area contributed by atoms with E-state index in [1.807, 2.05) is 44.2 Å². The van der Waals surface area contributed by atoms with Gasteiger partial charge in [0.2, 0.25) is 11.8 Å². The fourth-order valence-electron chi connectivity index (χ4n) is 4.24. The fraction of sp³-hybridized carbons (Fsp3) is 0.296. The highest BCUT2D eigenvalue weighted by Gasteiger charge is 2.34. The van der Waals surface area contributed by atoms with E-state index in [1.165, 1.54) is 9.80 Å². The Kier molecular flexibility index (Phi) is 7.33. The summed E-state index contributed by atoms with van der Waals surface area (Å²) >= 11 is 12.4. The Labute approximate surface area is 214 Å². The highest BCUT2D eigenvalue weighted by Crippen LogP contribution is 2.37.